The second kappa shape index (κ2) is 32.1. The van der Waals surface area contributed by atoms with E-state index in [-0.39, 0.29) is 122 Å². The van der Waals surface area contributed by atoms with Crippen LogP contribution in [0.25, 0.3) is 38.8 Å². The number of aliphatic hydroxyl groups excluding tert-OH is 1. The number of carbonyl (C=O) groups is 8. The zero-order valence-electron chi connectivity index (χ0n) is 58.0. The molecule has 2 aromatic carbocycles. The Labute approximate surface area is 583 Å². The minimum absolute atomic E-state index is 0.000308. The highest BCUT2D eigenvalue weighted by Gasteiger charge is 2.45. The second-order valence-electron chi connectivity index (χ2n) is 26.5. The lowest BCUT2D eigenvalue weighted by molar-refractivity contribution is -0.142. The second-order valence-corrected chi connectivity index (χ2v) is 26.5. The smallest absolute Gasteiger partial charge is 0.306 e. The molecule has 2 amide bonds. The quantitative estimate of drug-likeness (QED) is 0.00623. The van der Waals surface area contributed by atoms with E-state index < -0.39 is 71.0 Å². The third-order valence-electron chi connectivity index (χ3n) is 19.6. The molecule has 528 valence electrons. The van der Waals surface area contributed by atoms with Crippen molar-refractivity contribution in [3.8, 4) is 5.75 Å². The van der Waals surface area contributed by atoms with Crippen LogP contribution in [0.15, 0.2) is 89.3 Å². The summed E-state index contributed by atoms with van der Waals surface area (Å²) in [5.74, 6) is -6.48. The molecule has 1 unspecified atom stereocenters. The van der Waals surface area contributed by atoms with Gasteiger partial charge < -0.3 is 47.0 Å². The molecule has 0 saturated heterocycles. The molecule has 10 rings (SSSR count). The van der Waals surface area contributed by atoms with Gasteiger partial charge in [0.2, 0.25) is 17.8 Å². The number of carboxylic acid groups (broad SMARTS) is 1. The molecule has 7 aromatic rings. The number of aliphatic imine (C=N–C) groups is 1. The minimum Gasteiger partial charge on any atom is -0.494 e. The van der Waals surface area contributed by atoms with E-state index >= 15 is 0 Å². The number of aryl methyl sites for hydroxylation is 4. The topological polar surface area (TPSA) is 404 Å². The van der Waals surface area contributed by atoms with Gasteiger partial charge in [-0.3, -0.25) is 63.1 Å². The molecular formula is C76H87N13O12. The number of Topliss-reactive ketones (excluding diaryl/α,β-unsaturated/α-hetero) is 5. The van der Waals surface area contributed by atoms with Crippen LogP contribution in [-0.2, 0) is 41.6 Å². The summed E-state index contributed by atoms with van der Waals surface area (Å²) >= 11 is 0. The predicted octanol–water partition coefficient (Wildman–Crippen LogP) is 9.41. The average molecular weight is 1370 g/mol. The fourth-order valence-corrected chi connectivity index (χ4v) is 14.0. The molecule has 7 atom stereocenters. The van der Waals surface area contributed by atoms with E-state index in [9.17, 15) is 53.4 Å². The highest BCUT2D eigenvalue weighted by Crippen LogP contribution is 2.49. The Morgan fingerprint density at radius 2 is 1.47 bits per heavy atom. The first-order valence-electron chi connectivity index (χ1n) is 34.5. The maximum absolute atomic E-state index is 14.5. The summed E-state index contributed by atoms with van der Waals surface area (Å²) in [6, 6.07) is 18.5. The summed E-state index contributed by atoms with van der Waals surface area (Å²) in [5, 5.41) is 25.6. The van der Waals surface area contributed by atoms with Crippen LogP contribution in [0.2, 0.25) is 0 Å². The van der Waals surface area contributed by atoms with Crippen LogP contribution in [-0.4, -0.2) is 135 Å². The number of ether oxygens (including phenoxy) is 1. The summed E-state index contributed by atoms with van der Waals surface area (Å²) in [7, 11) is 0. The van der Waals surface area contributed by atoms with Crippen LogP contribution < -0.4 is 32.4 Å². The van der Waals surface area contributed by atoms with Crippen LogP contribution in [0.4, 0.5) is 5.95 Å². The van der Waals surface area contributed by atoms with E-state index in [2.05, 4.69) is 72.0 Å². The van der Waals surface area contributed by atoms with Crippen LogP contribution in [0, 0.1) is 19.8 Å². The number of aliphatic carboxylic acids is 1. The maximum atomic E-state index is 14.5. The number of hydrogen-bond donors (Lipinski definition) is 9. The summed E-state index contributed by atoms with van der Waals surface area (Å²) < 4.78 is 5.93. The lowest BCUT2D eigenvalue weighted by Crippen LogP contribution is -2.44. The Balaban J connectivity index is 0.708. The van der Waals surface area contributed by atoms with Crippen molar-refractivity contribution in [2.24, 2.45) is 16.6 Å². The number of nitrogens with zero attached hydrogens (tertiary/aromatic N) is 6. The fourth-order valence-electron chi connectivity index (χ4n) is 14.0. The van der Waals surface area contributed by atoms with Gasteiger partial charge in [-0.05, 0) is 137 Å². The van der Waals surface area contributed by atoms with Crippen LogP contribution >= 0.6 is 0 Å². The first kappa shape index (κ1) is 73.0. The molecule has 101 heavy (non-hydrogen) atoms. The molecule has 0 radical (unpaired) electrons. The van der Waals surface area contributed by atoms with Crippen molar-refractivity contribution < 1.29 is 53.3 Å². The number of anilines is 1. The Hall–Kier alpha value is -10.7. The summed E-state index contributed by atoms with van der Waals surface area (Å²) in [6.07, 6.45) is 3.41. The number of carboxylic acids is 1. The molecule has 11 N–H and O–H groups in total. The van der Waals surface area contributed by atoms with Crippen LogP contribution in [0.3, 0.4) is 0 Å². The number of aliphatic hydroxyl groups is 1. The largest absolute Gasteiger partial charge is 0.494 e. The number of H-pyrrole nitrogens is 3. The number of fused-ring (bicyclic) bond motifs is 9. The van der Waals surface area contributed by atoms with Gasteiger partial charge in [-0.2, -0.15) is 4.98 Å². The molecule has 0 saturated carbocycles. The summed E-state index contributed by atoms with van der Waals surface area (Å²) in [4.78, 5) is 157. The molecule has 0 fully saturated rings. The van der Waals surface area contributed by atoms with Crippen molar-refractivity contribution in [3.63, 3.8) is 0 Å². The molecule has 2 aliphatic heterocycles. The third-order valence-corrected chi connectivity index (χ3v) is 19.6. The molecule has 7 heterocycles. The molecule has 3 aliphatic rings. The van der Waals surface area contributed by atoms with Crippen molar-refractivity contribution in [3.05, 3.63) is 163 Å². The zero-order chi connectivity index (χ0) is 72.5. The van der Waals surface area contributed by atoms with Crippen molar-refractivity contribution >= 4 is 97.3 Å². The van der Waals surface area contributed by atoms with Gasteiger partial charge in [0.05, 0.1) is 48.1 Å². The van der Waals surface area contributed by atoms with Gasteiger partial charge >= 0.3 is 5.97 Å². The van der Waals surface area contributed by atoms with Crippen LogP contribution in [0.5, 0.6) is 5.75 Å². The number of hydrogen-bond acceptors (Lipinski definition) is 18. The number of nitrogen functional groups attached to an aromatic ring is 1. The highest BCUT2D eigenvalue weighted by atomic mass is 16.5. The zero-order valence-corrected chi connectivity index (χ0v) is 58.0. The highest BCUT2D eigenvalue weighted by molar-refractivity contribution is 6.25. The van der Waals surface area contributed by atoms with Crippen molar-refractivity contribution in [1.29, 1.82) is 0 Å². The number of carbonyl (C=O) groups excluding carboxylic acids is 7. The van der Waals surface area contributed by atoms with Gasteiger partial charge in [0.1, 0.15) is 29.9 Å². The number of nitrogens with two attached hydrogens (primary N) is 2. The van der Waals surface area contributed by atoms with Gasteiger partial charge in [-0.1, -0.05) is 51.6 Å². The molecule has 8 bridgehead atoms. The number of allylic oxidation sites excluding steroid dienone is 1. The number of rotatable bonds is 32. The molecule has 5 aromatic heterocycles. The van der Waals surface area contributed by atoms with Gasteiger partial charge in [-0.15, -0.1) is 0 Å². The lowest BCUT2D eigenvalue weighted by Gasteiger charge is -2.19. The van der Waals surface area contributed by atoms with Crippen molar-refractivity contribution in [2.75, 3.05) is 32.0 Å². The Morgan fingerprint density at radius 1 is 0.772 bits per heavy atom. The van der Waals surface area contributed by atoms with Crippen molar-refractivity contribution in [2.45, 2.75) is 168 Å². The average Bonchev–Trinajstić information content (AvgIpc) is 1.56. The van der Waals surface area contributed by atoms with E-state index in [1.54, 1.807) is 55.5 Å². The Kier molecular flexibility index (Phi) is 23.2. The Bertz CT molecular complexity index is 4690. The predicted molar refractivity (Wildman–Crippen MR) is 383 cm³/mol. The number of aromatic amines is 3. The van der Waals surface area contributed by atoms with E-state index in [1.807, 2.05) is 39.8 Å². The summed E-state index contributed by atoms with van der Waals surface area (Å²) in [5.41, 5.74) is 24.4. The first-order chi connectivity index (χ1) is 48.4. The van der Waals surface area contributed by atoms with Crippen LogP contribution in [0.1, 0.15) is 217 Å². The SMILES string of the molecule is C=C(C)c1c(C)c2cc3nc(c4c5[nH]c(cc6nc(cc1[nH]2)[C@@H](C)[C@@H]6CC)c(C)c5C(=O)C4C(=O)CO)[C@H](CCC(=O)CCCN=C(N)c1ccc(OCCCC(=O)[C@H](CC(=O)NCC)NC(=O)CC[C@H](CC(=O)c2ccc(CCc4cnc5nc(N)[nH]c(=O)c5n4)cc2)C(=O)O)cc1)[C@H]3C. The van der Waals surface area contributed by atoms with E-state index in [0.717, 1.165) is 56.8 Å². The fraction of sp³-hybridized carbons (Fsp3) is 0.408. The van der Waals surface area contributed by atoms with Gasteiger partial charge in [0.25, 0.3) is 5.56 Å². The minimum atomic E-state index is -1.27. The number of benzene rings is 2. The number of amides is 2. The molecule has 0 spiro atoms. The normalized spacial score (nSPS) is 17.0. The standard InChI is InChI=1S/C76H87N13O12/c1-9-50-39(5)52-34-58-64(38(3)4)41(7)54(84-58)32-53-40(6)51(68(86-53)67-66(61(94)37-90)71(97)65-42(8)55(87-69(65)67)33-56(50)83-52)27-24-48(91)13-11-29-80-72(77)45-20-25-49(26-21-45)101-30-12-14-59(92)57(35-63(96)79-10-2)85-62(95)28-22-46(75(99)100)31-60(93)44-18-15-43(16-19-44)17-23-47-36-81-73-70(82-47)74(98)89-76(78)88-73/h15-16,18-21,25-26,32-34,36,39-40,46,50-51,57,66,84,87,90H,3,9-14,17,22-24,27-31,35,37H2,1-2,4-8H3,(H2,77,80)(H,79,96)(H,85,95)(H,99,100)(H3,78,81,88,89,98)/t39-,40+,46+,50-,51+,57-,66?/m0/s1. The number of nitrogens with one attached hydrogen (secondary N) is 5. The molecule has 25 nitrogen and oxygen atoms in total. The van der Waals surface area contributed by atoms with Gasteiger partial charge in [0, 0.05) is 130 Å². The summed E-state index contributed by atoms with van der Waals surface area (Å²) in [6.45, 7) is 18.1. The monoisotopic (exact) mass is 1370 g/mol. The van der Waals surface area contributed by atoms with Gasteiger partial charge in [0.15, 0.2) is 34.3 Å². The number of ketones is 5. The lowest BCUT2D eigenvalue weighted by atomic mass is 9.82. The molecular weight excluding hydrogens is 1290 g/mol. The first-order valence-corrected chi connectivity index (χ1v) is 34.5. The van der Waals surface area contributed by atoms with Crippen molar-refractivity contribution in [1.82, 2.24) is 50.5 Å². The number of amidine groups is 1. The van der Waals surface area contributed by atoms with E-state index in [0.29, 0.717) is 82.7 Å². The Morgan fingerprint density at radius 3 is 2.17 bits per heavy atom. The van der Waals surface area contributed by atoms with E-state index in [4.69, 9.17) is 26.2 Å². The molecule has 25 heteroatoms. The molecule has 1 aliphatic carbocycles. The number of aromatic nitrogens is 8. The van der Waals surface area contributed by atoms with Gasteiger partial charge in [-0.25, -0.2) is 9.97 Å². The van der Waals surface area contributed by atoms with E-state index in [1.165, 1.54) is 6.20 Å². The maximum Gasteiger partial charge on any atom is 0.306 e. The third kappa shape index (κ3) is 16.6.